The highest BCUT2D eigenvalue weighted by molar-refractivity contribution is 5.93. The average Bonchev–Trinajstić information content (AvgIpc) is 2.80. The molecule has 1 rings (SSSR count). The number of unbranched alkanes of at least 4 members (excludes halogenated alkanes) is 3. The van der Waals surface area contributed by atoms with Gasteiger partial charge >= 0.3 is 5.97 Å². The van der Waals surface area contributed by atoms with Crippen molar-refractivity contribution >= 4 is 23.7 Å². The fourth-order valence-corrected chi connectivity index (χ4v) is 3.24. The summed E-state index contributed by atoms with van der Waals surface area (Å²) >= 11 is 0. The van der Waals surface area contributed by atoms with Crippen LogP contribution in [0.4, 0.5) is 0 Å². The van der Waals surface area contributed by atoms with Gasteiger partial charge in [-0.2, -0.15) is 0 Å². The zero-order valence-electron chi connectivity index (χ0n) is 20.1. The van der Waals surface area contributed by atoms with Crippen LogP contribution in [0, 0.1) is 5.41 Å². The van der Waals surface area contributed by atoms with E-state index in [-0.39, 0.29) is 18.1 Å². The lowest BCUT2D eigenvalue weighted by atomic mass is 10.0. The number of carboxylic acid groups (broad SMARTS) is 1. The number of guanidine groups is 1. The van der Waals surface area contributed by atoms with Crippen LogP contribution in [0.2, 0.25) is 0 Å². The number of aliphatic carboxylic acids is 1. The van der Waals surface area contributed by atoms with Gasteiger partial charge in [0.05, 0.1) is 0 Å². The molecule has 0 aliphatic carbocycles. The molecule has 0 radical (unpaired) electrons. The Morgan fingerprint density at radius 3 is 2.43 bits per heavy atom. The fraction of sp³-hybridized carbons (Fsp3) is 0.440. The molecule has 0 saturated carbocycles. The van der Waals surface area contributed by atoms with Gasteiger partial charge in [-0.05, 0) is 49.5 Å². The second-order valence-corrected chi connectivity index (χ2v) is 8.13. The third-order valence-corrected chi connectivity index (χ3v) is 5.06. The van der Waals surface area contributed by atoms with Crippen LogP contribution in [0.25, 0.3) is 0 Å². The van der Waals surface area contributed by atoms with Crippen molar-refractivity contribution in [1.29, 1.82) is 5.41 Å². The standard InChI is InChI=1S/C25H37N5O5/c1-2-3-4-5-6-9-22(32)30-21(17-18-10-13-20(31)14-11-18)24(35)29-19(12-15-23(33)34)8-7-16-28-25(26)27/h6,9-15,19,21,31H,2-5,7-8,16-17H2,1H3,(H,29,35)(H,30,32)(H,33,34)(H4,26,27,28)/b9-6+,15-12+/t19-,21+/m1/s1. The van der Waals surface area contributed by atoms with E-state index in [0.29, 0.717) is 19.4 Å². The van der Waals surface area contributed by atoms with E-state index in [2.05, 4.69) is 22.9 Å². The Kier molecular flexibility index (Phi) is 14.0. The van der Waals surface area contributed by atoms with Crippen LogP contribution in [-0.4, -0.2) is 52.6 Å². The van der Waals surface area contributed by atoms with Gasteiger partial charge < -0.3 is 31.9 Å². The van der Waals surface area contributed by atoms with Crippen molar-refractivity contribution in [1.82, 2.24) is 16.0 Å². The summed E-state index contributed by atoms with van der Waals surface area (Å²) in [5.74, 6) is -2.10. The molecule has 0 aliphatic rings. The van der Waals surface area contributed by atoms with Gasteiger partial charge in [-0.15, -0.1) is 0 Å². The molecule has 0 bridgehead atoms. The average molecular weight is 488 g/mol. The normalized spacial score (nSPS) is 12.8. The number of aromatic hydroxyl groups is 1. The van der Waals surface area contributed by atoms with E-state index in [0.717, 1.165) is 37.3 Å². The van der Waals surface area contributed by atoms with Crippen LogP contribution in [0.3, 0.4) is 0 Å². The van der Waals surface area contributed by atoms with E-state index in [4.69, 9.17) is 16.2 Å². The predicted octanol–water partition coefficient (Wildman–Crippen LogP) is 1.94. The number of nitrogens with two attached hydrogens (primary N) is 1. The molecule has 0 spiro atoms. The van der Waals surface area contributed by atoms with Crippen molar-refractivity contribution in [2.45, 2.75) is 64.0 Å². The van der Waals surface area contributed by atoms with Crippen LogP contribution in [0.1, 0.15) is 51.0 Å². The van der Waals surface area contributed by atoms with E-state index >= 15 is 0 Å². The largest absolute Gasteiger partial charge is 0.508 e. The fourth-order valence-electron chi connectivity index (χ4n) is 3.24. The van der Waals surface area contributed by atoms with Gasteiger partial charge in [0.25, 0.3) is 0 Å². The molecular formula is C25H37N5O5. The molecule has 2 amide bonds. The number of allylic oxidation sites excluding steroid dienone is 1. The minimum Gasteiger partial charge on any atom is -0.508 e. The highest BCUT2D eigenvalue weighted by Gasteiger charge is 2.22. The van der Waals surface area contributed by atoms with E-state index in [1.807, 2.05) is 0 Å². The lowest BCUT2D eigenvalue weighted by Crippen LogP contribution is -2.50. The molecule has 192 valence electrons. The topological polar surface area (TPSA) is 178 Å². The zero-order chi connectivity index (χ0) is 26.1. The Labute approximate surface area is 206 Å². The number of amides is 2. The number of phenolic OH excluding ortho intramolecular Hbond substituents is 1. The zero-order valence-corrected chi connectivity index (χ0v) is 20.1. The summed E-state index contributed by atoms with van der Waals surface area (Å²) in [7, 11) is 0. The van der Waals surface area contributed by atoms with Crippen LogP contribution in [-0.2, 0) is 20.8 Å². The number of benzene rings is 1. The number of hydrogen-bond donors (Lipinski definition) is 7. The van der Waals surface area contributed by atoms with Crippen LogP contribution in [0.15, 0.2) is 48.6 Å². The second kappa shape index (κ2) is 16.7. The van der Waals surface area contributed by atoms with E-state index in [9.17, 15) is 19.5 Å². The molecule has 10 nitrogen and oxygen atoms in total. The first-order valence-corrected chi connectivity index (χ1v) is 11.8. The lowest BCUT2D eigenvalue weighted by Gasteiger charge is -2.22. The quantitative estimate of drug-likeness (QED) is 0.0806. The molecule has 10 heteroatoms. The molecule has 2 atom stereocenters. The SMILES string of the molecule is CCCCC/C=C/C(=O)N[C@@H](Cc1ccc(O)cc1)C(=O)N[C@@H](/C=C/C(=O)O)CCCNC(=N)N. The first kappa shape index (κ1) is 29.2. The maximum atomic E-state index is 13.1. The number of nitrogens with one attached hydrogen (secondary N) is 4. The van der Waals surface area contributed by atoms with Crippen molar-refractivity contribution in [2.24, 2.45) is 5.73 Å². The van der Waals surface area contributed by atoms with E-state index < -0.39 is 29.9 Å². The summed E-state index contributed by atoms with van der Waals surface area (Å²) in [4.78, 5) is 36.6. The van der Waals surface area contributed by atoms with Gasteiger partial charge in [0, 0.05) is 25.1 Å². The number of carbonyl (C=O) groups is 3. The third-order valence-electron chi connectivity index (χ3n) is 5.06. The summed E-state index contributed by atoms with van der Waals surface area (Å²) in [6.07, 6.45) is 10.5. The Hall–Kier alpha value is -3.82. The Balaban J connectivity index is 2.91. The molecule has 0 saturated heterocycles. The molecule has 0 fully saturated rings. The van der Waals surface area contributed by atoms with Gasteiger partial charge in [-0.3, -0.25) is 15.0 Å². The number of carboxylic acids is 1. The number of rotatable bonds is 16. The van der Waals surface area contributed by atoms with Gasteiger partial charge in [-0.1, -0.05) is 44.1 Å². The molecule has 35 heavy (non-hydrogen) atoms. The first-order valence-electron chi connectivity index (χ1n) is 11.8. The monoisotopic (exact) mass is 487 g/mol. The first-order chi connectivity index (χ1) is 16.7. The molecule has 8 N–H and O–H groups in total. The van der Waals surface area contributed by atoms with Crippen molar-refractivity contribution in [3.05, 3.63) is 54.1 Å². The third kappa shape index (κ3) is 14.1. The molecular weight excluding hydrogens is 450 g/mol. The Bertz CT molecular complexity index is 883. The maximum Gasteiger partial charge on any atom is 0.328 e. The Morgan fingerprint density at radius 2 is 1.80 bits per heavy atom. The maximum absolute atomic E-state index is 13.1. The number of phenols is 1. The summed E-state index contributed by atoms with van der Waals surface area (Å²) in [5, 5.41) is 33.9. The van der Waals surface area contributed by atoms with Gasteiger partial charge in [-0.25, -0.2) is 4.79 Å². The molecule has 0 aromatic heterocycles. The van der Waals surface area contributed by atoms with Gasteiger partial charge in [0.15, 0.2) is 5.96 Å². The van der Waals surface area contributed by atoms with Crippen molar-refractivity contribution in [3.8, 4) is 5.75 Å². The van der Waals surface area contributed by atoms with E-state index in [1.54, 1.807) is 18.2 Å². The molecule has 1 aromatic carbocycles. The van der Waals surface area contributed by atoms with Gasteiger partial charge in [0.1, 0.15) is 11.8 Å². The summed E-state index contributed by atoms with van der Waals surface area (Å²) in [6, 6.07) is 4.81. The minimum atomic E-state index is -1.15. The smallest absolute Gasteiger partial charge is 0.328 e. The molecule has 1 aromatic rings. The van der Waals surface area contributed by atoms with Crippen LogP contribution >= 0.6 is 0 Å². The summed E-state index contributed by atoms with van der Waals surface area (Å²) < 4.78 is 0. The molecule has 0 heterocycles. The van der Waals surface area contributed by atoms with Crippen molar-refractivity contribution in [2.75, 3.05) is 6.54 Å². The molecule has 0 unspecified atom stereocenters. The molecule has 0 aliphatic heterocycles. The van der Waals surface area contributed by atoms with Crippen molar-refractivity contribution < 1.29 is 24.6 Å². The van der Waals surface area contributed by atoms with Crippen molar-refractivity contribution in [3.63, 3.8) is 0 Å². The number of carbonyl (C=O) groups excluding carboxylic acids is 2. The summed E-state index contributed by atoms with van der Waals surface area (Å²) in [6.45, 7) is 2.49. The second-order valence-electron chi connectivity index (χ2n) is 8.13. The minimum absolute atomic E-state index is 0.0897. The van der Waals surface area contributed by atoms with E-state index in [1.165, 1.54) is 24.3 Å². The lowest BCUT2D eigenvalue weighted by molar-refractivity contribution is -0.131. The summed E-state index contributed by atoms with van der Waals surface area (Å²) in [5.41, 5.74) is 6.00. The van der Waals surface area contributed by atoms with Crippen LogP contribution < -0.4 is 21.7 Å². The number of hydrogen-bond acceptors (Lipinski definition) is 5. The Morgan fingerprint density at radius 1 is 1.09 bits per heavy atom. The van der Waals surface area contributed by atoms with Crippen LogP contribution in [0.5, 0.6) is 5.75 Å². The highest BCUT2D eigenvalue weighted by atomic mass is 16.4. The van der Waals surface area contributed by atoms with Gasteiger partial charge in [0.2, 0.25) is 11.8 Å². The highest BCUT2D eigenvalue weighted by Crippen LogP contribution is 2.12. The predicted molar refractivity (Wildman–Crippen MR) is 135 cm³/mol.